The zero-order valence-electron chi connectivity index (χ0n) is 16.0. The molecule has 0 saturated carbocycles. The summed E-state index contributed by atoms with van der Waals surface area (Å²) in [4.78, 5) is 23.9. The van der Waals surface area contributed by atoms with E-state index in [9.17, 15) is 31.2 Å². The van der Waals surface area contributed by atoms with Crippen LogP contribution < -0.4 is 0 Å². The first-order valence-corrected chi connectivity index (χ1v) is 10.1. The van der Waals surface area contributed by atoms with Gasteiger partial charge in [0.25, 0.3) is 0 Å². The molecule has 0 aliphatic carbocycles. The third-order valence-electron chi connectivity index (χ3n) is 3.84. The first kappa shape index (κ1) is 23.7. The smallest absolute Gasteiger partial charge is 0.424 e. The fourth-order valence-electron chi connectivity index (χ4n) is 2.70. The van der Waals surface area contributed by atoms with Crippen LogP contribution in [0.2, 0.25) is 0 Å². The summed E-state index contributed by atoms with van der Waals surface area (Å²) in [7, 11) is -4.60. The number of hydrogen-bond acceptors (Lipinski definition) is 6. The van der Waals surface area contributed by atoms with E-state index < -0.39 is 58.8 Å². The van der Waals surface area contributed by atoms with E-state index in [2.05, 4.69) is 0 Å². The SMILES string of the molecule is CC(=O)[C@@H]1OC(CN(C(=O)OC(C)(C)C)S(=O)(=O)CCC(F)(F)F)C[C@@H]1C. The van der Waals surface area contributed by atoms with E-state index in [4.69, 9.17) is 9.47 Å². The first-order chi connectivity index (χ1) is 12.0. The minimum Gasteiger partial charge on any atom is -0.443 e. The van der Waals surface area contributed by atoms with Crippen LogP contribution in [-0.4, -0.2) is 60.9 Å². The number of Topliss-reactive ketones (excluding diaryl/α,β-unsaturated/α-hetero) is 1. The van der Waals surface area contributed by atoms with E-state index in [1.165, 1.54) is 27.7 Å². The van der Waals surface area contributed by atoms with Gasteiger partial charge in [-0.05, 0) is 40.0 Å². The van der Waals surface area contributed by atoms with Gasteiger partial charge in [0.05, 0.1) is 24.8 Å². The quantitative estimate of drug-likeness (QED) is 0.660. The van der Waals surface area contributed by atoms with Gasteiger partial charge in [-0.2, -0.15) is 13.2 Å². The second kappa shape index (κ2) is 8.34. The molecule has 0 radical (unpaired) electrons. The number of carbonyl (C=O) groups excluding carboxylic acids is 2. The maximum atomic E-state index is 12.5. The first-order valence-electron chi connectivity index (χ1n) is 8.48. The van der Waals surface area contributed by atoms with Gasteiger partial charge in [0.1, 0.15) is 11.7 Å². The van der Waals surface area contributed by atoms with Crippen molar-refractivity contribution in [2.24, 2.45) is 5.92 Å². The molecule has 0 aromatic heterocycles. The van der Waals surface area contributed by atoms with Crippen LogP contribution in [0, 0.1) is 5.92 Å². The van der Waals surface area contributed by atoms with Gasteiger partial charge >= 0.3 is 12.3 Å². The van der Waals surface area contributed by atoms with Crippen molar-refractivity contribution in [3.8, 4) is 0 Å². The average molecular weight is 417 g/mol. The van der Waals surface area contributed by atoms with Crippen LogP contribution in [0.1, 0.15) is 47.5 Å². The minimum atomic E-state index is -4.69. The van der Waals surface area contributed by atoms with Crippen LogP contribution >= 0.6 is 0 Å². The molecule has 1 aliphatic heterocycles. The van der Waals surface area contributed by atoms with Crippen molar-refractivity contribution in [1.29, 1.82) is 0 Å². The molecule has 3 atom stereocenters. The number of ether oxygens (including phenoxy) is 2. The van der Waals surface area contributed by atoms with Crippen molar-refractivity contribution in [3.63, 3.8) is 0 Å². The number of nitrogens with zero attached hydrogens (tertiary/aromatic N) is 1. The highest BCUT2D eigenvalue weighted by Crippen LogP contribution is 2.29. The molecule has 11 heteroatoms. The molecule has 0 aromatic carbocycles. The van der Waals surface area contributed by atoms with Gasteiger partial charge in [0, 0.05) is 0 Å². The van der Waals surface area contributed by atoms with E-state index in [0.29, 0.717) is 6.42 Å². The van der Waals surface area contributed by atoms with Crippen LogP contribution in [0.3, 0.4) is 0 Å². The molecule has 1 aliphatic rings. The number of hydrogen-bond donors (Lipinski definition) is 0. The van der Waals surface area contributed by atoms with Gasteiger partial charge in [0.15, 0.2) is 5.78 Å². The molecular weight excluding hydrogens is 391 g/mol. The maximum absolute atomic E-state index is 12.5. The molecule has 0 bridgehead atoms. The van der Waals surface area contributed by atoms with Crippen LogP contribution in [0.5, 0.6) is 0 Å². The van der Waals surface area contributed by atoms with Crippen molar-refractivity contribution >= 4 is 21.9 Å². The predicted molar refractivity (Wildman–Crippen MR) is 90.5 cm³/mol. The zero-order chi connectivity index (χ0) is 21.2. The number of alkyl halides is 3. The Bertz CT molecular complexity index is 656. The Kier molecular flexibility index (Phi) is 7.31. The van der Waals surface area contributed by atoms with Crippen LogP contribution in [-0.2, 0) is 24.3 Å². The molecule has 27 heavy (non-hydrogen) atoms. The Hall–Kier alpha value is -1.36. The molecular formula is C16H26F3NO6S. The molecule has 7 nitrogen and oxygen atoms in total. The van der Waals surface area contributed by atoms with Gasteiger partial charge in [-0.25, -0.2) is 17.5 Å². The average Bonchev–Trinajstić information content (AvgIpc) is 2.81. The second-order valence-corrected chi connectivity index (χ2v) is 9.71. The minimum absolute atomic E-state index is 0.203. The predicted octanol–water partition coefficient (Wildman–Crippen LogP) is 2.89. The molecule has 0 N–H and O–H groups in total. The third-order valence-corrected chi connectivity index (χ3v) is 5.53. The summed E-state index contributed by atoms with van der Waals surface area (Å²) in [6.45, 7) is 7.07. The summed E-state index contributed by atoms with van der Waals surface area (Å²) in [5, 5.41) is 0. The Morgan fingerprint density at radius 2 is 1.78 bits per heavy atom. The molecule has 1 rings (SSSR count). The number of halogens is 3. The summed E-state index contributed by atoms with van der Waals surface area (Å²) in [5.41, 5.74) is -1.04. The van der Waals surface area contributed by atoms with Gasteiger partial charge in [-0.1, -0.05) is 6.92 Å². The number of rotatable bonds is 6. The summed E-state index contributed by atoms with van der Waals surface area (Å²) in [6.07, 6.45) is -8.81. The fraction of sp³-hybridized carbons (Fsp3) is 0.875. The van der Waals surface area contributed by atoms with E-state index in [-0.39, 0.29) is 16.0 Å². The highest BCUT2D eigenvalue weighted by atomic mass is 32.2. The summed E-state index contributed by atoms with van der Waals surface area (Å²) in [5.74, 6) is -1.73. The standard InChI is InChI=1S/C16H26F3NO6S/c1-10-8-12(25-13(10)11(2)21)9-20(14(22)26-15(3,4)5)27(23,24)7-6-16(17,18)19/h10,12-13H,6-9H2,1-5H3/t10-,12?,13+/m0/s1. The van der Waals surface area contributed by atoms with Crippen LogP contribution in [0.4, 0.5) is 18.0 Å². The summed E-state index contributed by atoms with van der Waals surface area (Å²) >= 11 is 0. The number of carbonyl (C=O) groups is 2. The molecule has 1 saturated heterocycles. The second-order valence-electron chi connectivity index (χ2n) is 7.69. The molecule has 0 aromatic rings. The Labute approximate surface area is 157 Å². The monoisotopic (exact) mass is 417 g/mol. The molecule has 1 heterocycles. The van der Waals surface area contributed by atoms with Crippen LogP contribution in [0.15, 0.2) is 0 Å². The Balaban J connectivity index is 3.01. The Morgan fingerprint density at radius 3 is 2.19 bits per heavy atom. The summed E-state index contributed by atoms with van der Waals surface area (Å²) < 4.78 is 73.0. The van der Waals surface area contributed by atoms with Crippen molar-refractivity contribution in [1.82, 2.24) is 4.31 Å². The number of ketones is 1. The lowest BCUT2D eigenvalue weighted by Crippen LogP contribution is -2.46. The van der Waals surface area contributed by atoms with Gasteiger partial charge < -0.3 is 9.47 Å². The largest absolute Gasteiger partial charge is 0.443 e. The maximum Gasteiger partial charge on any atom is 0.424 e. The normalized spacial score (nSPS) is 23.9. The van der Waals surface area contributed by atoms with Gasteiger partial charge in [0.2, 0.25) is 10.0 Å². The van der Waals surface area contributed by atoms with E-state index >= 15 is 0 Å². The highest BCUT2D eigenvalue weighted by molar-refractivity contribution is 7.89. The van der Waals surface area contributed by atoms with Crippen LogP contribution in [0.25, 0.3) is 0 Å². The van der Waals surface area contributed by atoms with Crippen molar-refractivity contribution < 1.29 is 40.7 Å². The van der Waals surface area contributed by atoms with E-state index in [0.717, 1.165) is 0 Å². The molecule has 1 unspecified atom stereocenters. The highest BCUT2D eigenvalue weighted by Gasteiger charge is 2.41. The number of amides is 1. The topological polar surface area (TPSA) is 90.0 Å². The lowest BCUT2D eigenvalue weighted by molar-refractivity contribution is -0.130. The fourth-order valence-corrected chi connectivity index (χ4v) is 4.07. The molecule has 1 amide bonds. The molecule has 0 spiro atoms. The van der Waals surface area contributed by atoms with Crippen molar-refractivity contribution in [3.05, 3.63) is 0 Å². The third kappa shape index (κ3) is 7.65. The van der Waals surface area contributed by atoms with Gasteiger partial charge in [-0.3, -0.25) is 4.79 Å². The van der Waals surface area contributed by atoms with Gasteiger partial charge in [-0.15, -0.1) is 0 Å². The van der Waals surface area contributed by atoms with E-state index in [1.807, 2.05) is 0 Å². The zero-order valence-corrected chi connectivity index (χ0v) is 16.8. The lowest BCUT2D eigenvalue weighted by Gasteiger charge is -2.28. The van der Waals surface area contributed by atoms with Crippen molar-refractivity contribution in [2.45, 2.75) is 71.4 Å². The van der Waals surface area contributed by atoms with E-state index in [1.54, 1.807) is 6.92 Å². The lowest BCUT2D eigenvalue weighted by atomic mass is 9.99. The number of sulfonamides is 1. The Morgan fingerprint density at radius 1 is 1.22 bits per heavy atom. The summed E-state index contributed by atoms with van der Waals surface area (Å²) in [6, 6.07) is 0. The van der Waals surface area contributed by atoms with Crippen molar-refractivity contribution in [2.75, 3.05) is 12.3 Å². The molecule has 1 fully saturated rings. The molecule has 158 valence electrons.